The van der Waals surface area contributed by atoms with Crippen molar-refractivity contribution in [2.75, 3.05) is 0 Å². The van der Waals surface area contributed by atoms with Gasteiger partial charge in [0.25, 0.3) is 5.82 Å². The normalized spacial score (nSPS) is 11.8. The van der Waals surface area contributed by atoms with Crippen LogP contribution in [0.4, 0.5) is 13.2 Å². The molecule has 0 spiro atoms. The van der Waals surface area contributed by atoms with Crippen LogP contribution in [0.2, 0.25) is 0 Å². The first kappa shape index (κ1) is 12.7. The Balaban J connectivity index is 2.41. The Morgan fingerprint density at radius 1 is 1.17 bits per heavy atom. The average molecular weight is 255 g/mol. The van der Waals surface area contributed by atoms with E-state index in [0.717, 1.165) is 23.7 Å². The Bertz CT molecular complexity index is 538. The molecule has 0 amide bonds. The summed E-state index contributed by atoms with van der Waals surface area (Å²) in [6.07, 6.45) is -2.38. The van der Waals surface area contributed by atoms with Crippen LogP contribution in [-0.2, 0) is 19.6 Å². The molecular formula is C13H14F3N2+. The number of benzene rings is 1. The van der Waals surface area contributed by atoms with Crippen LogP contribution >= 0.6 is 0 Å². The topological polar surface area (TPSA) is 19.7 Å². The van der Waals surface area contributed by atoms with Crippen LogP contribution in [0, 0.1) is 0 Å². The number of aryl methyl sites for hydroxylation is 2. The number of halogens is 3. The van der Waals surface area contributed by atoms with Gasteiger partial charge in [0.1, 0.15) is 6.20 Å². The minimum Gasteiger partial charge on any atom is -0.233 e. The standard InChI is InChI=1S/C13H13F3N2/c1-3-9-4-6-10(7-5-9)12-17-11(8-18(12)2)13(14,15)16/h4-8H,3H2,1-2H3/p+1. The summed E-state index contributed by atoms with van der Waals surface area (Å²) < 4.78 is 39.2. The predicted octanol–water partition coefficient (Wildman–Crippen LogP) is 3.09. The SMILES string of the molecule is CCc1ccc(-c2[nH]c(C(F)(F)F)c[n+]2C)cc1. The molecule has 96 valence electrons. The van der Waals surface area contributed by atoms with Crippen LogP contribution in [0.15, 0.2) is 30.5 Å². The van der Waals surface area contributed by atoms with Crippen LogP contribution in [0.5, 0.6) is 0 Å². The molecule has 1 N–H and O–H groups in total. The number of imidazole rings is 1. The first-order valence-corrected chi connectivity index (χ1v) is 5.67. The summed E-state index contributed by atoms with van der Waals surface area (Å²) in [4.78, 5) is 2.41. The number of hydrogen-bond donors (Lipinski definition) is 1. The van der Waals surface area contributed by atoms with Crippen molar-refractivity contribution in [3.05, 3.63) is 41.7 Å². The van der Waals surface area contributed by atoms with E-state index in [-0.39, 0.29) is 0 Å². The zero-order valence-electron chi connectivity index (χ0n) is 10.2. The second-order valence-electron chi connectivity index (χ2n) is 4.18. The summed E-state index contributed by atoms with van der Waals surface area (Å²) in [7, 11) is 1.59. The maximum absolute atomic E-state index is 12.6. The van der Waals surface area contributed by atoms with E-state index in [0.29, 0.717) is 5.82 Å². The van der Waals surface area contributed by atoms with Gasteiger partial charge in [-0.05, 0) is 24.1 Å². The van der Waals surface area contributed by atoms with Crippen molar-refractivity contribution in [3.8, 4) is 11.4 Å². The Hall–Kier alpha value is -1.78. The minimum atomic E-state index is -4.35. The summed E-state index contributed by atoms with van der Waals surface area (Å²) in [5.41, 5.74) is 1.16. The number of hydrogen-bond acceptors (Lipinski definition) is 0. The van der Waals surface area contributed by atoms with Gasteiger partial charge in [0.2, 0.25) is 5.69 Å². The molecule has 2 aromatic rings. The average Bonchev–Trinajstić information content (AvgIpc) is 2.71. The van der Waals surface area contributed by atoms with Crippen molar-refractivity contribution in [1.82, 2.24) is 4.98 Å². The van der Waals surface area contributed by atoms with E-state index < -0.39 is 11.9 Å². The summed E-state index contributed by atoms with van der Waals surface area (Å²) in [6.45, 7) is 2.03. The molecule has 0 aliphatic heterocycles. The van der Waals surface area contributed by atoms with Gasteiger partial charge < -0.3 is 0 Å². The number of rotatable bonds is 2. The van der Waals surface area contributed by atoms with Gasteiger partial charge >= 0.3 is 6.18 Å². The molecule has 2 rings (SSSR count). The summed E-state index contributed by atoms with van der Waals surface area (Å²) in [6, 6.07) is 7.49. The lowest BCUT2D eigenvalue weighted by molar-refractivity contribution is -0.659. The van der Waals surface area contributed by atoms with Gasteiger partial charge in [-0.2, -0.15) is 13.2 Å². The summed E-state index contributed by atoms with van der Waals surface area (Å²) >= 11 is 0. The number of aromatic amines is 1. The zero-order chi connectivity index (χ0) is 13.3. The van der Waals surface area contributed by atoms with E-state index in [1.807, 2.05) is 31.2 Å². The van der Waals surface area contributed by atoms with Crippen LogP contribution < -0.4 is 4.57 Å². The molecule has 1 aromatic heterocycles. The van der Waals surface area contributed by atoms with Gasteiger partial charge in [-0.15, -0.1) is 0 Å². The molecule has 0 bridgehead atoms. The number of nitrogens with one attached hydrogen (secondary N) is 1. The molecule has 0 aliphatic carbocycles. The van der Waals surface area contributed by atoms with Crippen molar-refractivity contribution in [2.24, 2.45) is 7.05 Å². The molecule has 0 radical (unpaired) electrons. The summed E-state index contributed by atoms with van der Waals surface area (Å²) in [5.74, 6) is 0.449. The third kappa shape index (κ3) is 2.39. The summed E-state index contributed by atoms with van der Waals surface area (Å²) in [5, 5.41) is 0. The molecule has 0 aliphatic rings. The molecular weight excluding hydrogens is 241 g/mol. The number of aromatic nitrogens is 2. The number of alkyl halides is 3. The predicted molar refractivity (Wildman–Crippen MR) is 61.8 cm³/mol. The second-order valence-corrected chi connectivity index (χ2v) is 4.18. The molecule has 1 aromatic carbocycles. The fourth-order valence-electron chi connectivity index (χ4n) is 1.82. The zero-order valence-corrected chi connectivity index (χ0v) is 10.2. The van der Waals surface area contributed by atoms with E-state index >= 15 is 0 Å². The second kappa shape index (κ2) is 4.48. The highest BCUT2D eigenvalue weighted by Crippen LogP contribution is 2.28. The van der Waals surface area contributed by atoms with E-state index in [9.17, 15) is 13.2 Å². The van der Waals surface area contributed by atoms with Crippen LogP contribution in [0.3, 0.4) is 0 Å². The highest BCUT2D eigenvalue weighted by Gasteiger charge is 2.38. The molecule has 0 saturated carbocycles. The molecule has 2 nitrogen and oxygen atoms in total. The largest absolute Gasteiger partial charge is 0.457 e. The van der Waals surface area contributed by atoms with Gasteiger partial charge in [-0.3, -0.25) is 0 Å². The molecule has 0 unspecified atom stereocenters. The third-order valence-electron chi connectivity index (χ3n) is 2.87. The van der Waals surface area contributed by atoms with E-state index in [1.165, 1.54) is 4.57 Å². The van der Waals surface area contributed by atoms with Crippen molar-refractivity contribution in [2.45, 2.75) is 19.5 Å². The first-order chi connectivity index (χ1) is 8.41. The van der Waals surface area contributed by atoms with Crippen LogP contribution in [0.25, 0.3) is 11.4 Å². The number of H-pyrrole nitrogens is 1. The van der Waals surface area contributed by atoms with Gasteiger partial charge in [-0.1, -0.05) is 19.1 Å². The monoisotopic (exact) mass is 255 g/mol. The molecule has 0 saturated heterocycles. The fourth-order valence-corrected chi connectivity index (χ4v) is 1.82. The molecule has 5 heteroatoms. The van der Waals surface area contributed by atoms with E-state index in [1.54, 1.807) is 7.05 Å². The Kier molecular flexibility index (Phi) is 3.15. The Labute approximate surface area is 103 Å². The Morgan fingerprint density at radius 3 is 2.22 bits per heavy atom. The maximum atomic E-state index is 12.6. The molecule has 0 fully saturated rings. The minimum absolute atomic E-state index is 0.449. The highest BCUT2D eigenvalue weighted by atomic mass is 19.4. The maximum Gasteiger partial charge on any atom is 0.457 e. The van der Waals surface area contributed by atoms with Gasteiger partial charge in [0.15, 0.2) is 0 Å². The molecule has 0 atom stereocenters. The van der Waals surface area contributed by atoms with E-state index in [2.05, 4.69) is 4.98 Å². The van der Waals surface area contributed by atoms with Crippen molar-refractivity contribution in [3.63, 3.8) is 0 Å². The van der Waals surface area contributed by atoms with Gasteiger partial charge in [0, 0.05) is 0 Å². The third-order valence-corrected chi connectivity index (χ3v) is 2.87. The van der Waals surface area contributed by atoms with Crippen LogP contribution in [0.1, 0.15) is 18.2 Å². The van der Waals surface area contributed by atoms with E-state index in [4.69, 9.17) is 0 Å². The van der Waals surface area contributed by atoms with Crippen molar-refractivity contribution < 1.29 is 17.7 Å². The lowest BCUT2D eigenvalue weighted by Gasteiger charge is -1.98. The smallest absolute Gasteiger partial charge is 0.233 e. The first-order valence-electron chi connectivity index (χ1n) is 5.67. The Morgan fingerprint density at radius 2 is 1.78 bits per heavy atom. The molecule has 1 heterocycles. The van der Waals surface area contributed by atoms with Crippen LogP contribution in [-0.4, -0.2) is 4.98 Å². The van der Waals surface area contributed by atoms with Gasteiger partial charge in [-0.25, -0.2) is 9.55 Å². The number of nitrogens with zero attached hydrogens (tertiary/aromatic N) is 1. The molecule has 18 heavy (non-hydrogen) atoms. The van der Waals surface area contributed by atoms with Crippen molar-refractivity contribution >= 4 is 0 Å². The fraction of sp³-hybridized carbons (Fsp3) is 0.308. The lowest BCUT2D eigenvalue weighted by atomic mass is 10.1. The quantitative estimate of drug-likeness (QED) is 0.796. The lowest BCUT2D eigenvalue weighted by Crippen LogP contribution is -2.27. The van der Waals surface area contributed by atoms with Gasteiger partial charge in [0.05, 0.1) is 12.6 Å². The van der Waals surface area contributed by atoms with Crippen molar-refractivity contribution in [1.29, 1.82) is 0 Å². The highest BCUT2D eigenvalue weighted by molar-refractivity contribution is 5.53.